The number of hydrogen-bond acceptors (Lipinski definition) is 2. The van der Waals surface area contributed by atoms with Crippen molar-refractivity contribution in [3.63, 3.8) is 0 Å². The maximum absolute atomic E-state index is 6.77. The fourth-order valence-corrected chi connectivity index (χ4v) is 15.8. The first-order valence-electron chi connectivity index (χ1n) is 23.7. The van der Waals surface area contributed by atoms with E-state index >= 15 is 0 Å². The number of benzene rings is 12. The number of nitrogens with zero attached hydrogens (tertiary/aromatic N) is 1. The standard InChI is InChI=1S/C66H45NOSi/c1-5-17-46(18-6-1)58-26-15-16-27-59(58)48-31-34-51(35-32-48)67(53-37-41-63-64-39-33-47-19-13-14-28-62(47)66(64)68-65(63)45-53)52-36-40-60-49(43-52)29-30-50-44-57(38-42-61(50)60)69(54-20-7-2-8-21-54,55-22-9-3-10-23-55)56-24-11-4-12-25-56/h1-45H. The Labute approximate surface area is 402 Å². The molecule has 0 radical (unpaired) electrons. The Balaban J connectivity index is 0.955. The van der Waals surface area contributed by atoms with E-state index in [0.717, 1.165) is 44.4 Å². The van der Waals surface area contributed by atoms with Gasteiger partial charge in [0.2, 0.25) is 0 Å². The van der Waals surface area contributed by atoms with Crippen LogP contribution in [0.15, 0.2) is 277 Å². The predicted octanol–water partition coefficient (Wildman–Crippen LogP) is 15.2. The summed E-state index contributed by atoms with van der Waals surface area (Å²) in [5, 5.41) is 14.9. The molecule has 0 N–H and O–H groups in total. The van der Waals surface area contributed by atoms with Crippen LogP contribution < -0.4 is 25.6 Å². The van der Waals surface area contributed by atoms with Gasteiger partial charge in [0.05, 0.1) is 0 Å². The van der Waals surface area contributed by atoms with E-state index in [1.807, 2.05) is 0 Å². The van der Waals surface area contributed by atoms with Crippen molar-refractivity contribution in [1.29, 1.82) is 0 Å². The molecule has 0 aliphatic heterocycles. The van der Waals surface area contributed by atoms with E-state index in [0.29, 0.717) is 0 Å². The molecule has 324 valence electrons. The summed E-state index contributed by atoms with van der Waals surface area (Å²) in [7, 11) is -2.69. The van der Waals surface area contributed by atoms with Crippen molar-refractivity contribution in [2.75, 3.05) is 4.90 Å². The first kappa shape index (κ1) is 40.5. The van der Waals surface area contributed by atoms with Gasteiger partial charge in [-0.25, -0.2) is 0 Å². The van der Waals surface area contributed by atoms with E-state index in [-0.39, 0.29) is 0 Å². The molecule has 0 aliphatic rings. The highest BCUT2D eigenvalue weighted by Gasteiger charge is 2.41. The Hall–Kier alpha value is -8.76. The van der Waals surface area contributed by atoms with Crippen LogP contribution in [0.5, 0.6) is 0 Å². The van der Waals surface area contributed by atoms with Crippen molar-refractivity contribution in [2.45, 2.75) is 0 Å². The Morgan fingerprint density at radius 2 is 0.739 bits per heavy atom. The molecule has 0 amide bonds. The second kappa shape index (κ2) is 16.8. The molecule has 13 aromatic rings. The molecule has 0 fully saturated rings. The molecule has 1 heterocycles. The van der Waals surface area contributed by atoms with Gasteiger partial charge in [0, 0.05) is 39.3 Å². The predicted molar refractivity (Wildman–Crippen MR) is 295 cm³/mol. The second-order valence-electron chi connectivity index (χ2n) is 18.0. The van der Waals surface area contributed by atoms with Crippen LogP contribution in [-0.4, -0.2) is 8.07 Å². The largest absolute Gasteiger partial charge is 0.455 e. The molecule has 0 unspecified atom stereocenters. The van der Waals surface area contributed by atoms with E-state index in [1.54, 1.807) is 0 Å². The minimum atomic E-state index is -2.69. The van der Waals surface area contributed by atoms with Gasteiger partial charge >= 0.3 is 0 Å². The molecule has 0 saturated heterocycles. The van der Waals surface area contributed by atoms with Crippen LogP contribution in [-0.2, 0) is 0 Å². The third-order valence-electron chi connectivity index (χ3n) is 14.2. The number of fused-ring (bicyclic) bond motifs is 8. The summed E-state index contributed by atoms with van der Waals surface area (Å²) in [5.74, 6) is 0. The zero-order valence-electron chi connectivity index (χ0n) is 37.8. The van der Waals surface area contributed by atoms with Gasteiger partial charge in [-0.1, -0.05) is 224 Å². The summed E-state index contributed by atoms with van der Waals surface area (Å²) in [6.07, 6.45) is 0. The second-order valence-corrected chi connectivity index (χ2v) is 21.8. The highest BCUT2D eigenvalue weighted by Crippen LogP contribution is 2.42. The summed E-state index contributed by atoms with van der Waals surface area (Å²) >= 11 is 0. The molecule has 0 spiro atoms. The maximum Gasteiger partial charge on any atom is 0.179 e. The van der Waals surface area contributed by atoms with Gasteiger partial charge in [-0.3, -0.25) is 0 Å². The van der Waals surface area contributed by atoms with Crippen LogP contribution in [0, 0.1) is 0 Å². The third kappa shape index (κ3) is 6.86. The van der Waals surface area contributed by atoms with Crippen molar-refractivity contribution in [1.82, 2.24) is 0 Å². The molecule has 3 heteroatoms. The first-order chi connectivity index (χ1) is 34.2. The molecule has 12 aromatic carbocycles. The lowest BCUT2D eigenvalue weighted by atomic mass is 9.94. The Morgan fingerprint density at radius 3 is 1.38 bits per heavy atom. The van der Waals surface area contributed by atoms with Crippen molar-refractivity contribution in [3.8, 4) is 22.3 Å². The average Bonchev–Trinajstić information content (AvgIpc) is 3.81. The van der Waals surface area contributed by atoms with E-state index in [9.17, 15) is 0 Å². The van der Waals surface area contributed by atoms with E-state index in [1.165, 1.54) is 69.9 Å². The van der Waals surface area contributed by atoms with E-state index in [2.05, 4.69) is 278 Å². The zero-order valence-corrected chi connectivity index (χ0v) is 38.8. The first-order valence-corrected chi connectivity index (χ1v) is 25.7. The van der Waals surface area contributed by atoms with Crippen LogP contribution in [0.3, 0.4) is 0 Å². The molecule has 0 bridgehead atoms. The molecule has 13 rings (SSSR count). The lowest BCUT2D eigenvalue weighted by Gasteiger charge is -2.34. The summed E-state index contributed by atoms with van der Waals surface area (Å²) in [6, 6.07) is 100. The SMILES string of the molecule is c1ccc(-c2ccccc2-c2ccc(N(c3ccc4c(ccc5cc([Si](c6ccccc6)(c6ccccc6)c6ccccc6)ccc54)c3)c3ccc4c(c3)oc3c5ccccc5ccc43)cc2)cc1. The number of rotatable bonds is 9. The van der Waals surface area contributed by atoms with E-state index in [4.69, 9.17) is 4.42 Å². The van der Waals surface area contributed by atoms with Gasteiger partial charge in [-0.15, -0.1) is 0 Å². The van der Waals surface area contributed by atoms with Crippen molar-refractivity contribution in [2.24, 2.45) is 0 Å². The van der Waals surface area contributed by atoms with Gasteiger partial charge in [0.1, 0.15) is 11.2 Å². The lowest BCUT2D eigenvalue weighted by Crippen LogP contribution is -2.74. The Kier molecular flexibility index (Phi) is 9.88. The Bertz CT molecular complexity index is 3900. The van der Waals surface area contributed by atoms with Crippen LogP contribution in [0.25, 0.3) is 76.5 Å². The molecule has 0 aliphatic carbocycles. The van der Waals surface area contributed by atoms with Crippen molar-refractivity contribution < 1.29 is 4.42 Å². The highest BCUT2D eigenvalue weighted by atomic mass is 28.3. The van der Waals surface area contributed by atoms with Crippen molar-refractivity contribution in [3.05, 3.63) is 273 Å². The quantitative estimate of drug-likeness (QED) is 0.0815. The summed E-state index contributed by atoms with van der Waals surface area (Å²) < 4.78 is 6.77. The molecule has 1 aromatic heterocycles. The number of anilines is 3. The smallest absolute Gasteiger partial charge is 0.179 e. The Morgan fingerprint density at radius 1 is 0.275 bits per heavy atom. The van der Waals surface area contributed by atoms with Crippen LogP contribution in [0.4, 0.5) is 17.1 Å². The minimum absolute atomic E-state index is 0.862. The van der Waals surface area contributed by atoms with Crippen LogP contribution in [0.1, 0.15) is 0 Å². The molecular weight excluding hydrogens is 851 g/mol. The van der Waals surface area contributed by atoms with Crippen LogP contribution in [0.2, 0.25) is 0 Å². The molecular formula is C66H45NOSi. The highest BCUT2D eigenvalue weighted by molar-refractivity contribution is 7.20. The van der Waals surface area contributed by atoms with Gasteiger partial charge in [-0.05, 0) is 112 Å². The van der Waals surface area contributed by atoms with Crippen LogP contribution >= 0.6 is 0 Å². The van der Waals surface area contributed by atoms with Crippen molar-refractivity contribution >= 4 is 100 Å². The monoisotopic (exact) mass is 895 g/mol. The summed E-state index contributed by atoms with van der Waals surface area (Å²) in [4.78, 5) is 2.36. The normalized spacial score (nSPS) is 11.8. The van der Waals surface area contributed by atoms with E-state index < -0.39 is 8.07 Å². The number of furan rings is 1. The van der Waals surface area contributed by atoms with Gasteiger partial charge in [0.15, 0.2) is 8.07 Å². The van der Waals surface area contributed by atoms with Gasteiger partial charge in [-0.2, -0.15) is 0 Å². The zero-order chi connectivity index (χ0) is 45.7. The summed E-state index contributed by atoms with van der Waals surface area (Å²) in [6.45, 7) is 0. The molecule has 69 heavy (non-hydrogen) atoms. The number of hydrogen-bond donors (Lipinski definition) is 0. The molecule has 0 atom stereocenters. The molecule has 2 nitrogen and oxygen atoms in total. The topological polar surface area (TPSA) is 16.4 Å². The third-order valence-corrected chi connectivity index (χ3v) is 19.0. The lowest BCUT2D eigenvalue weighted by molar-refractivity contribution is 0.672. The molecule has 0 saturated carbocycles. The average molecular weight is 896 g/mol. The van der Waals surface area contributed by atoms with Gasteiger partial charge in [0.25, 0.3) is 0 Å². The minimum Gasteiger partial charge on any atom is -0.455 e. The fraction of sp³-hybridized carbons (Fsp3) is 0. The fourth-order valence-electron chi connectivity index (χ4n) is 11.0. The summed E-state index contributed by atoms with van der Waals surface area (Å²) in [5.41, 5.74) is 9.73. The van der Waals surface area contributed by atoms with Gasteiger partial charge < -0.3 is 9.32 Å². The maximum atomic E-state index is 6.77.